The molecule has 0 saturated carbocycles. The fourth-order valence-corrected chi connectivity index (χ4v) is 1.54. The molecule has 0 spiro atoms. The van der Waals surface area contributed by atoms with E-state index < -0.39 is 0 Å². The second-order valence-electron chi connectivity index (χ2n) is 2.38. The number of oxazole rings is 1. The van der Waals surface area contributed by atoms with Gasteiger partial charge in [0.1, 0.15) is 5.00 Å². The quantitative estimate of drug-likeness (QED) is 0.774. The van der Waals surface area contributed by atoms with Gasteiger partial charge in [0.05, 0.1) is 11.9 Å². The fourth-order valence-electron chi connectivity index (χ4n) is 0.866. The van der Waals surface area contributed by atoms with Crippen LogP contribution in [-0.4, -0.2) is 9.36 Å². The normalized spacial score (nSPS) is 10.2. The number of hydrogen-bond acceptors (Lipinski definition) is 6. The molecule has 68 valence electrons. The summed E-state index contributed by atoms with van der Waals surface area (Å²) in [5, 5.41) is 3.91. The molecule has 0 bridgehead atoms. The second kappa shape index (κ2) is 3.55. The molecule has 0 fully saturated rings. The molecular weight excluding hydrogens is 188 g/mol. The minimum atomic E-state index is 0.453. The van der Waals surface area contributed by atoms with Crippen LogP contribution in [0.1, 0.15) is 5.69 Å². The Morgan fingerprint density at radius 3 is 3.15 bits per heavy atom. The summed E-state index contributed by atoms with van der Waals surface area (Å²) in [6.45, 7) is 0.453. The van der Waals surface area contributed by atoms with Gasteiger partial charge in [0.15, 0.2) is 6.39 Å². The summed E-state index contributed by atoms with van der Waals surface area (Å²) < 4.78 is 9.11. The van der Waals surface area contributed by atoms with Crippen LogP contribution in [0.25, 0.3) is 0 Å². The lowest BCUT2D eigenvalue weighted by atomic mass is 10.4. The number of aromatic nitrogens is 2. The lowest BCUT2D eigenvalue weighted by Crippen LogP contribution is -1.94. The largest absolute Gasteiger partial charge is 0.428 e. The van der Waals surface area contributed by atoms with Crippen LogP contribution in [0.3, 0.4) is 0 Å². The molecule has 0 unspecified atom stereocenters. The summed E-state index contributed by atoms with van der Waals surface area (Å²) in [5.41, 5.74) is 6.28. The highest BCUT2D eigenvalue weighted by atomic mass is 32.1. The number of anilines is 2. The molecule has 13 heavy (non-hydrogen) atoms. The number of nitrogens with two attached hydrogens (primary N) is 1. The van der Waals surface area contributed by atoms with E-state index in [-0.39, 0.29) is 0 Å². The smallest absolute Gasteiger partial charge is 0.218 e. The Kier molecular flexibility index (Phi) is 2.24. The Labute approximate surface area is 78.8 Å². The highest BCUT2D eigenvalue weighted by molar-refractivity contribution is 7.10. The van der Waals surface area contributed by atoms with Crippen LogP contribution in [0.5, 0.6) is 0 Å². The summed E-state index contributed by atoms with van der Waals surface area (Å²) in [7, 11) is 0. The van der Waals surface area contributed by atoms with E-state index in [0.717, 1.165) is 10.7 Å². The number of hydrogen-bond donors (Lipinski definition) is 2. The van der Waals surface area contributed by atoms with Gasteiger partial charge in [0.2, 0.25) is 5.88 Å². The summed E-state index contributed by atoms with van der Waals surface area (Å²) >= 11 is 1.34. The summed E-state index contributed by atoms with van der Waals surface area (Å²) in [4.78, 5) is 3.78. The van der Waals surface area contributed by atoms with Gasteiger partial charge >= 0.3 is 0 Å². The maximum Gasteiger partial charge on any atom is 0.218 e. The molecule has 0 saturated heterocycles. The van der Waals surface area contributed by atoms with Crippen molar-refractivity contribution in [1.82, 2.24) is 9.36 Å². The van der Waals surface area contributed by atoms with Crippen molar-refractivity contribution < 1.29 is 4.42 Å². The van der Waals surface area contributed by atoms with Crippen LogP contribution in [0.15, 0.2) is 23.1 Å². The maximum absolute atomic E-state index is 5.42. The zero-order valence-electron chi connectivity index (χ0n) is 6.73. The van der Waals surface area contributed by atoms with E-state index in [4.69, 9.17) is 10.2 Å². The van der Waals surface area contributed by atoms with E-state index in [1.807, 2.05) is 6.07 Å². The molecule has 0 aromatic carbocycles. The Bertz CT molecular complexity index is 370. The van der Waals surface area contributed by atoms with Gasteiger partial charge in [-0.3, -0.25) is 0 Å². The van der Waals surface area contributed by atoms with Crippen LogP contribution in [0.4, 0.5) is 10.9 Å². The Hall–Kier alpha value is -1.40. The Balaban J connectivity index is 2.10. The molecule has 0 aliphatic rings. The van der Waals surface area contributed by atoms with E-state index >= 15 is 0 Å². The van der Waals surface area contributed by atoms with Gasteiger partial charge in [-0.25, -0.2) is 4.98 Å². The second-order valence-corrected chi connectivity index (χ2v) is 3.18. The van der Waals surface area contributed by atoms with Crippen molar-refractivity contribution in [2.45, 2.75) is 6.54 Å². The first-order valence-corrected chi connectivity index (χ1v) is 4.47. The minimum Gasteiger partial charge on any atom is -0.428 e. The molecular formula is C7H8N4OS. The van der Waals surface area contributed by atoms with Crippen LogP contribution < -0.4 is 11.1 Å². The molecule has 6 heteroatoms. The van der Waals surface area contributed by atoms with E-state index in [1.165, 1.54) is 17.9 Å². The third-order valence-electron chi connectivity index (χ3n) is 1.45. The van der Waals surface area contributed by atoms with Crippen LogP contribution in [0.2, 0.25) is 0 Å². The molecule has 0 radical (unpaired) electrons. The van der Waals surface area contributed by atoms with Crippen molar-refractivity contribution in [3.63, 3.8) is 0 Å². The third kappa shape index (κ3) is 1.85. The monoisotopic (exact) mass is 196 g/mol. The average molecular weight is 196 g/mol. The first-order valence-electron chi connectivity index (χ1n) is 3.69. The molecule has 0 amide bonds. The molecule has 5 nitrogen and oxygen atoms in total. The predicted molar refractivity (Wildman–Crippen MR) is 49.8 cm³/mol. The lowest BCUT2D eigenvalue weighted by molar-refractivity contribution is 0.575. The molecule has 3 N–H and O–H groups in total. The number of nitrogens with zero attached hydrogens (tertiary/aromatic N) is 2. The van der Waals surface area contributed by atoms with Gasteiger partial charge in [0.25, 0.3) is 0 Å². The van der Waals surface area contributed by atoms with Crippen LogP contribution >= 0.6 is 11.5 Å². The zero-order valence-corrected chi connectivity index (χ0v) is 7.54. The summed E-state index contributed by atoms with van der Waals surface area (Å²) in [6.07, 6.45) is 2.97. The van der Waals surface area contributed by atoms with E-state index in [0.29, 0.717) is 12.4 Å². The first kappa shape index (κ1) is 8.21. The highest BCUT2D eigenvalue weighted by Crippen LogP contribution is 2.20. The zero-order chi connectivity index (χ0) is 9.10. The molecule has 2 aromatic rings. The minimum absolute atomic E-state index is 0.453. The average Bonchev–Trinajstić information content (AvgIpc) is 2.76. The van der Waals surface area contributed by atoms with Gasteiger partial charge in [-0.05, 0) is 17.6 Å². The standard InChI is InChI=1S/C7H8N4OS/c8-2-5-1-7(13-11-5)10-6-3-9-4-12-6/h1,3-4,10H,2,8H2. The number of rotatable bonds is 3. The highest BCUT2D eigenvalue weighted by Gasteiger charge is 2.01. The van der Waals surface area contributed by atoms with Crippen molar-refractivity contribution in [1.29, 1.82) is 0 Å². The molecule has 2 heterocycles. The van der Waals surface area contributed by atoms with Gasteiger partial charge in [-0.15, -0.1) is 0 Å². The summed E-state index contributed by atoms with van der Waals surface area (Å²) in [6, 6.07) is 1.88. The molecule has 2 rings (SSSR count). The van der Waals surface area contributed by atoms with Gasteiger partial charge < -0.3 is 15.5 Å². The molecule has 0 aliphatic heterocycles. The lowest BCUT2D eigenvalue weighted by Gasteiger charge is -1.93. The maximum atomic E-state index is 5.42. The SMILES string of the molecule is NCc1cc(Nc2cnco2)sn1. The first-order chi connectivity index (χ1) is 6.38. The van der Waals surface area contributed by atoms with Crippen molar-refractivity contribution in [2.24, 2.45) is 5.73 Å². The molecule has 0 atom stereocenters. The number of nitrogens with one attached hydrogen (secondary N) is 1. The van der Waals surface area contributed by atoms with Crippen molar-refractivity contribution in [2.75, 3.05) is 5.32 Å². The van der Waals surface area contributed by atoms with Crippen molar-refractivity contribution in [3.8, 4) is 0 Å². The molecule has 2 aromatic heterocycles. The van der Waals surface area contributed by atoms with Gasteiger partial charge in [-0.2, -0.15) is 4.37 Å². The van der Waals surface area contributed by atoms with Crippen molar-refractivity contribution >= 4 is 22.4 Å². The molecule has 0 aliphatic carbocycles. The van der Waals surface area contributed by atoms with Crippen LogP contribution in [-0.2, 0) is 6.54 Å². The summed E-state index contributed by atoms with van der Waals surface area (Å²) in [5.74, 6) is 0.604. The topological polar surface area (TPSA) is 77.0 Å². The Morgan fingerprint density at radius 2 is 2.54 bits per heavy atom. The third-order valence-corrected chi connectivity index (χ3v) is 2.19. The predicted octanol–water partition coefficient (Wildman–Crippen LogP) is 1.33. The van der Waals surface area contributed by atoms with E-state index in [2.05, 4.69) is 14.7 Å². The van der Waals surface area contributed by atoms with E-state index in [1.54, 1.807) is 6.20 Å². The van der Waals surface area contributed by atoms with Crippen LogP contribution in [0, 0.1) is 0 Å². The van der Waals surface area contributed by atoms with Gasteiger partial charge in [-0.1, -0.05) is 0 Å². The van der Waals surface area contributed by atoms with Crippen molar-refractivity contribution in [3.05, 3.63) is 24.4 Å². The van der Waals surface area contributed by atoms with E-state index in [9.17, 15) is 0 Å². The van der Waals surface area contributed by atoms with Gasteiger partial charge in [0, 0.05) is 6.54 Å². The fraction of sp³-hybridized carbons (Fsp3) is 0.143. The Morgan fingerprint density at radius 1 is 1.62 bits per heavy atom.